The van der Waals surface area contributed by atoms with E-state index in [1.807, 2.05) is 0 Å². The van der Waals surface area contributed by atoms with Gasteiger partial charge in [0.2, 0.25) is 0 Å². The van der Waals surface area contributed by atoms with Gasteiger partial charge in [0.15, 0.2) is 5.92 Å². The first-order chi connectivity index (χ1) is 10.6. The molecule has 0 saturated carbocycles. The lowest BCUT2D eigenvalue weighted by Crippen LogP contribution is -2.23. The van der Waals surface area contributed by atoms with Crippen LogP contribution >= 0.6 is 0 Å². The molecule has 0 amide bonds. The van der Waals surface area contributed by atoms with Crippen LogP contribution in [0.15, 0.2) is 12.2 Å². The van der Waals surface area contributed by atoms with Gasteiger partial charge in [0, 0.05) is 0 Å². The molecule has 0 spiro atoms. The van der Waals surface area contributed by atoms with Gasteiger partial charge in [-0.25, -0.2) is 0 Å². The van der Waals surface area contributed by atoms with Crippen LogP contribution in [-0.4, -0.2) is 22.2 Å². The lowest BCUT2D eigenvalue weighted by Gasteiger charge is -2.06. The smallest absolute Gasteiger partial charge is 0.317 e. The molecule has 0 aliphatic carbocycles. The van der Waals surface area contributed by atoms with E-state index in [2.05, 4.69) is 19.1 Å². The molecular weight excluding hydrogens is 280 g/mol. The van der Waals surface area contributed by atoms with E-state index < -0.39 is 17.9 Å². The zero-order chi connectivity index (χ0) is 16.6. The number of carboxylic acid groups (broad SMARTS) is 2. The Hall–Kier alpha value is -1.32. The maximum absolute atomic E-state index is 10.7. The monoisotopic (exact) mass is 312 g/mol. The normalized spacial score (nSPS) is 11.4. The van der Waals surface area contributed by atoms with Crippen molar-refractivity contribution in [1.82, 2.24) is 0 Å². The van der Waals surface area contributed by atoms with Gasteiger partial charge in [0.1, 0.15) is 0 Å². The van der Waals surface area contributed by atoms with Crippen LogP contribution in [0.2, 0.25) is 0 Å². The quantitative estimate of drug-likeness (QED) is 0.253. The van der Waals surface area contributed by atoms with Gasteiger partial charge < -0.3 is 10.2 Å². The standard InChI is InChI=1S/C18H32O4/c1-2-3-4-5-6-7-8-9-10-11-12-13-14-15-16(17(19)20)18(21)22/h7-8,16H,2-6,9-15H2,1H3,(H,19,20)(H,21,22). The molecule has 0 saturated heterocycles. The fourth-order valence-electron chi connectivity index (χ4n) is 2.42. The number of aliphatic carboxylic acids is 2. The molecule has 0 aromatic carbocycles. The van der Waals surface area contributed by atoms with E-state index in [1.165, 1.54) is 32.1 Å². The van der Waals surface area contributed by atoms with Crippen molar-refractivity contribution in [2.45, 2.75) is 84.0 Å². The molecule has 0 fully saturated rings. The molecule has 0 radical (unpaired) electrons. The van der Waals surface area contributed by atoms with Crippen molar-refractivity contribution in [3.63, 3.8) is 0 Å². The van der Waals surface area contributed by atoms with E-state index in [0.29, 0.717) is 6.42 Å². The summed E-state index contributed by atoms with van der Waals surface area (Å²) >= 11 is 0. The molecule has 0 bridgehead atoms. The van der Waals surface area contributed by atoms with Gasteiger partial charge in [-0.3, -0.25) is 9.59 Å². The van der Waals surface area contributed by atoms with Crippen molar-refractivity contribution in [3.05, 3.63) is 12.2 Å². The fraction of sp³-hybridized carbons (Fsp3) is 0.778. The van der Waals surface area contributed by atoms with E-state index in [9.17, 15) is 9.59 Å². The second-order valence-corrected chi connectivity index (χ2v) is 5.89. The Labute approximate surface area is 134 Å². The molecule has 4 nitrogen and oxygen atoms in total. The van der Waals surface area contributed by atoms with E-state index in [0.717, 1.165) is 32.1 Å². The van der Waals surface area contributed by atoms with Crippen molar-refractivity contribution in [2.24, 2.45) is 5.92 Å². The van der Waals surface area contributed by atoms with E-state index in [4.69, 9.17) is 10.2 Å². The van der Waals surface area contributed by atoms with Gasteiger partial charge in [0.25, 0.3) is 0 Å². The maximum Gasteiger partial charge on any atom is 0.317 e. The highest BCUT2D eigenvalue weighted by Crippen LogP contribution is 2.13. The molecule has 0 atom stereocenters. The first-order valence-electron chi connectivity index (χ1n) is 8.70. The maximum atomic E-state index is 10.7. The fourth-order valence-corrected chi connectivity index (χ4v) is 2.42. The zero-order valence-electron chi connectivity index (χ0n) is 13.9. The van der Waals surface area contributed by atoms with E-state index in [-0.39, 0.29) is 6.42 Å². The Kier molecular flexibility index (Phi) is 13.7. The molecule has 0 aliphatic rings. The molecule has 0 heterocycles. The highest BCUT2D eigenvalue weighted by molar-refractivity contribution is 5.92. The largest absolute Gasteiger partial charge is 0.481 e. The lowest BCUT2D eigenvalue weighted by atomic mass is 10.0. The number of carbonyl (C=O) groups is 2. The summed E-state index contributed by atoms with van der Waals surface area (Å²) in [4.78, 5) is 21.4. The number of allylic oxidation sites excluding steroid dienone is 2. The molecule has 0 unspecified atom stereocenters. The molecule has 0 rings (SSSR count). The van der Waals surface area contributed by atoms with Gasteiger partial charge >= 0.3 is 11.9 Å². The SMILES string of the molecule is CCCCCCC=CCCCCCCCC(C(=O)O)C(=O)O. The minimum atomic E-state index is -1.24. The lowest BCUT2D eigenvalue weighted by molar-refractivity contribution is -0.154. The summed E-state index contributed by atoms with van der Waals surface area (Å²) < 4.78 is 0. The van der Waals surface area contributed by atoms with Gasteiger partial charge in [-0.05, 0) is 32.1 Å². The number of hydrogen-bond acceptors (Lipinski definition) is 2. The molecule has 2 N–H and O–H groups in total. The first-order valence-corrected chi connectivity index (χ1v) is 8.70. The predicted octanol–water partition coefficient (Wildman–Crippen LogP) is 5.03. The minimum Gasteiger partial charge on any atom is -0.481 e. The van der Waals surface area contributed by atoms with Gasteiger partial charge in [-0.1, -0.05) is 64.0 Å². The Morgan fingerprint density at radius 1 is 0.773 bits per heavy atom. The molecule has 128 valence electrons. The molecule has 0 aliphatic heterocycles. The van der Waals surface area contributed by atoms with Crippen LogP contribution < -0.4 is 0 Å². The average molecular weight is 312 g/mol. The van der Waals surface area contributed by atoms with Crippen molar-refractivity contribution in [1.29, 1.82) is 0 Å². The average Bonchev–Trinajstić information content (AvgIpc) is 2.46. The van der Waals surface area contributed by atoms with Crippen LogP contribution in [-0.2, 0) is 9.59 Å². The van der Waals surface area contributed by atoms with Crippen LogP contribution in [0, 0.1) is 5.92 Å². The minimum absolute atomic E-state index is 0.238. The van der Waals surface area contributed by atoms with Crippen LogP contribution in [0.3, 0.4) is 0 Å². The number of carboxylic acids is 2. The summed E-state index contributed by atoms with van der Waals surface area (Å²) in [5, 5.41) is 17.5. The zero-order valence-corrected chi connectivity index (χ0v) is 13.9. The summed E-state index contributed by atoms with van der Waals surface area (Å²) in [5.41, 5.74) is 0. The summed E-state index contributed by atoms with van der Waals surface area (Å²) in [5.74, 6) is -3.69. The van der Waals surface area contributed by atoms with Crippen molar-refractivity contribution >= 4 is 11.9 Å². The molecule has 4 heteroatoms. The summed E-state index contributed by atoms with van der Waals surface area (Å²) in [6, 6.07) is 0. The third-order valence-corrected chi connectivity index (χ3v) is 3.85. The highest BCUT2D eigenvalue weighted by atomic mass is 16.4. The number of rotatable bonds is 15. The molecular formula is C18H32O4. The second-order valence-electron chi connectivity index (χ2n) is 5.89. The van der Waals surface area contributed by atoms with Crippen LogP contribution in [0.1, 0.15) is 84.0 Å². The third kappa shape index (κ3) is 12.4. The van der Waals surface area contributed by atoms with Crippen LogP contribution in [0.5, 0.6) is 0 Å². The van der Waals surface area contributed by atoms with Gasteiger partial charge in [-0.2, -0.15) is 0 Å². The topological polar surface area (TPSA) is 74.6 Å². The summed E-state index contributed by atoms with van der Waals surface area (Å²) in [6.07, 6.45) is 17.2. The van der Waals surface area contributed by atoms with E-state index in [1.54, 1.807) is 0 Å². The summed E-state index contributed by atoms with van der Waals surface area (Å²) in [6.45, 7) is 2.22. The van der Waals surface area contributed by atoms with Crippen LogP contribution in [0.4, 0.5) is 0 Å². The Bertz CT molecular complexity index is 309. The Balaban J connectivity index is 3.38. The molecule has 0 aromatic heterocycles. The predicted molar refractivity (Wildman–Crippen MR) is 89.0 cm³/mol. The van der Waals surface area contributed by atoms with Gasteiger partial charge in [-0.15, -0.1) is 0 Å². The Morgan fingerprint density at radius 3 is 1.73 bits per heavy atom. The van der Waals surface area contributed by atoms with E-state index >= 15 is 0 Å². The molecule has 22 heavy (non-hydrogen) atoms. The summed E-state index contributed by atoms with van der Waals surface area (Å²) in [7, 11) is 0. The van der Waals surface area contributed by atoms with Crippen LogP contribution in [0.25, 0.3) is 0 Å². The number of unbranched alkanes of at least 4 members (excludes halogenated alkanes) is 9. The molecule has 0 aromatic rings. The Morgan fingerprint density at radius 2 is 1.23 bits per heavy atom. The van der Waals surface area contributed by atoms with Crippen molar-refractivity contribution < 1.29 is 19.8 Å². The van der Waals surface area contributed by atoms with Gasteiger partial charge in [0.05, 0.1) is 0 Å². The van der Waals surface area contributed by atoms with Crippen molar-refractivity contribution in [2.75, 3.05) is 0 Å². The third-order valence-electron chi connectivity index (χ3n) is 3.85. The number of hydrogen-bond donors (Lipinski definition) is 2. The highest BCUT2D eigenvalue weighted by Gasteiger charge is 2.24. The first kappa shape index (κ1) is 20.7. The second kappa shape index (κ2) is 14.6. The van der Waals surface area contributed by atoms with Crippen molar-refractivity contribution in [3.8, 4) is 0 Å².